The fraction of sp³-hybridized carbons (Fsp3) is 0.679. The molecular formula is C28H41N3O5. The Labute approximate surface area is 214 Å². The lowest BCUT2D eigenvalue weighted by atomic mass is 9.62. The SMILES string of the molecule is CC(C)C[C@H](CO)N1C(=O)[C@@H]2[C@H](C(=O)Nc3ccccc3)[C@@]3(C)OC2(CC3C)C1C(=O)NC(C)(C)C. The van der Waals surface area contributed by atoms with Gasteiger partial charge in [0.2, 0.25) is 17.7 Å². The van der Waals surface area contributed by atoms with Crippen LogP contribution in [0.5, 0.6) is 0 Å². The number of aliphatic hydroxyl groups is 1. The number of rotatable bonds is 7. The van der Waals surface area contributed by atoms with Gasteiger partial charge in [0.15, 0.2) is 0 Å². The minimum absolute atomic E-state index is 0.0457. The summed E-state index contributed by atoms with van der Waals surface area (Å²) in [4.78, 5) is 43.4. The number of carbonyl (C=O) groups is 3. The summed E-state index contributed by atoms with van der Waals surface area (Å²) in [6.45, 7) is 13.4. The van der Waals surface area contributed by atoms with Crippen molar-refractivity contribution in [2.24, 2.45) is 23.7 Å². The van der Waals surface area contributed by atoms with Crippen LogP contribution in [-0.2, 0) is 19.1 Å². The molecule has 4 rings (SSSR count). The molecule has 7 atom stereocenters. The van der Waals surface area contributed by atoms with Gasteiger partial charge in [0.05, 0.1) is 30.1 Å². The normalized spacial score (nSPS) is 34.1. The molecule has 8 nitrogen and oxygen atoms in total. The number of aliphatic hydroxyl groups excluding tert-OH is 1. The second-order valence-electron chi connectivity index (χ2n) is 12.5. The van der Waals surface area contributed by atoms with Crippen LogP contribution in [-0.4, -0.2) is 63.2 Å². The Balaban J connectivity index is 1.80. The van der Waals surface area contributed by atoms with Crippen LogP contribution in [0.4, 0.5) is 5.69 Å². The van der Waals surface area contributed by atoms with E-state index < -0.39 is 40.7 Å². The van der Waals surface area contributed by atoms with E-state index in [1.165, 1.54) is 0 Å². The van der Waals surface area contributed by atoms with Crippen LogP contribution >= 0.6 is 0 Å². The van der Waals surface area contributed by atoms with Gasteiger partial charge in [-0.1, -0.05) is 39.0 Å². The summed E-state index contributed by atoms with van der Waals surface area (Å²) in [5.74, 6) is -2.28. The topological polar surface area (TPSA) is 108 Å². The average Bonchev–Trinajstić information content (AvgIpc) is 3.28. The summed E-state index contributed by atoms with van der Waals surface area (Å²) in [5, 5.41) is 16.4. The molecule has 3 fully saturated rings. The Morgan fingerprint density at radius 3 is 2.39 bits per heavy atom. The first-order valence-electron chi connectivity index (χ1n) is 13.1. The van der Waals surface area contributed by atoms with Crippen LogP contribution in [0.25, 0.3) is 0 Å². The van der Waals surface area contributed by atoms with Gasteiger partial charge in [0.1, 0.15) is 11.6 Å². The molecule has 36 heavy (non-hydrogen) atoms. The third-order valence-corrected chi connectivity index (χ3v) is 8.17. The van der Waals surface area contributed by atoms with Crippen molar-refractivity contribution in [3.8, 4) is 0 Å². The van der Waals surface area contributed by atoms with Crippen LogP contribution in [0.3, 0.4) is 0 Å². The summed E-state index contributed by atoms with van der Waals surface area (Å²) in [6.07, 6.45) is 1.03. The van der Waals surface area contributed by atoms with Crippen molar-refractivity contribution in [1.29, 1.82) is 0 Å². The number of likely N-dealkylation sites (tertiary alicyclic amines) is 1. The number of fused-ring (bicyclic) bond motifs is 1. The van der Waals surface area contributed by atoms with Gasteiger partial charge < -0.3 is 25.4 Å². The standard InChI is InChI=1S/C28H41N3O5/c1-16(2)13-19(15-32)31-22(24(34)30-26(4,5)6)28-14-17(3)27(7,36-28)20(21(28)25(31)35)23(33)29-18-11-9-8-10-12-18/h8-12,16-17,19-22,32H,13-15H2,1-7H3,(H,29,33)(H,30,34)/t17?,19-,20-,21+,22?,27+,28?/m1/s1. The van der Waals surface area contributed by atoms with Crippen LogP contribution in [0.2, 0.25) is 0 Å². The fourth-order valence-corrected chi connectivity index (χ4v) is 6.77. The van der Waals surface area contributed by atoms with Crippen molar-refractivity contribution in [2.75, 3.05) is 11.9 Å². The van der Waals surface area contributed by atoms with E-state index in [0.717, 1.165) is 0 Å². The molecule has 0 saturated carbocycles. The zero-order chi connectivity index (χ0) is 26.6. The van der Waals surface area contributed by atoms with Gasteiger partial charge in [0, 0.05) is 11.2 Å². The van der Waals surface area contributed by atoms with Gasteiger partial charge in [-0.2, -0.15) is 0 Å². The molecule has 3 aliphatic rings. The minimum atomic E-state index is -1.14. The monoisotopic (exact) mass is 499 g/mol. The van der Waals surface area contributed by atoms with E-state index in [4.69, 9.17) is 4.74 Å². The quantitative estimate of drug-likeness (QED) is 0.535. The number of ether oxygens (including phenoxy) is 1. The molecular weight excluding hydrogens is 458 g/mol. The molecule has 3 amide bonds. The molecule has 2 bridgehead atoms. The van der Waals surface area contributed by atoms with E-state index in [9.17, 15) is 19.5 Å². The minimum Gasteiger partial charge on any atom is -0.394 e. The summed E-state index contributed by atoms with van der Waals surface area (Å²) >= 11 is 0. The molecule has 0 aromatic heterocycles. The van der Waals surface area contributed by atoms with Gasteiger partial charge in [-0.15, -0.1) is 0 Å². The summed E-state index contributed by atoms with van der Waals surface area (Å²) < 4.78 is 6.74. The first kappa shape index (κ1) is 26.6. The summed E-state index contributed by atoms with van der Waals surface area (Å²) in [6, 6.07) is 7.69. The zero-order valence-corrected chi connectivity index (χ0v) is 22.5. The molecule has 3 aliphatic heterocycles. The molecule has 0 radical (unpaired) electrons. The van der Waals surface area contributed by atoms with Crippen molar-refractivity contribution in [2.45, 2.75) is 90.1 Å². The molecule has 0 aliphatic carbocycles. The Bertz CT molecular complexity index is 1020. The smallest absolute Gasteiger partial charge is 0.246 e. The highest BCUT2D eigenvalue weighted by Crippen LogP contribution is 2.65. The maximum Gasteiger partial charge on any atom is 0.246 e. The van der Waals surface area contributed by atoms with Gasteiger partial charge in [-0.3, -0.25) is 14.4 Å². The van der Waals surface area contributed by atoms with Crippen molar-refractivity contribution in [3.63, 3.8) is 0 Å². The van der Waals surface area contributed by atoms with Crippen molar-refractivity contribution in [3.05, 3.63) is 30.3 Å². The average molecular weight is 500 g/mol. The van der Waals surface area contributed by atoms with E-state index in [-0.39, 0.29) is 36.2 Å². The predicted octanol–water partition coefficient (Wildman–Crippen LogP) is 2.96. The Kier molecular flexibility index (Phi) is 6.75. The molecule has 3 saturated heterocycles. The molecule has 1 aromatic rings. The number of para-hydroxylation sites is 1. The maximum atomic E-state index is 14.2. The highest BCUT2D eigenvalue weighted by atomic mass is 16.5. The number of carbonyl (C=O) groups excluding carboxylic acids is 3. The van der Waals surface area contributed by atoms with Crippen molar-refractivity contribution in [1.82, 2.24) is 10.2 Å². The van der Waals surface area contributed by atoms with E-state index in [2.05, 4.69) is 10.6 Å². The lowest BCUT2D eigenvalue weighted by Crippen LogP contribution is -2.60. The van der Waals surface area contributed by atoms with E-state index in [1.54, 1.807) is 17.0 Å². The number of hydrogen-bond acceptors (Lipinski definition) is 5. The van der Waals surface area contributed by atoms with E-state index in [1.807, 2.05) is 66.7 Å². The van der Waals surface area contributed by atoms with Crippen molar-refractivity contribution < 1.29 is 24.2 Å². The van der Waals surface area contributed by atoms with Crippen LogP contribution in [0, 0.1) is 23.7 Å². The second kappa shape index (κ2) is 9.14. The molecule has 1 spiro atoms. The number of benzene rings is 1. The first-order valence-corrected chi connectivity index (χ1v) is 13.1. The molecule has 198 valence electrons. The first-order chi connectivity index (χ1) is 16.7. The Hall–Kier alpha value is -2.45. The van der Waals surface area contributed by atoms with E-state index >= 15 is 0 Å². The highest BCUT2D eigenvalue weighted by molar-refractivity contribution is 6.02. The number of nitrogens with zero attached hydrogens (tertiary/aromatic N) is 1. The largest absolute Gasteiger partial charge is 0.394 e. The molecule has 3 unspecified atom stereocenters. The second-order valence-corrected chi connectivity index (χ2v) is 12.5. The fourth-order valence-electron chi connectivity index (χ4n) is 6.77. The third kappa shape index (κ3) is 4.22. The number of hydrogen-bond donors (Lipinski definition) is 3. The van der Waals surface area contributed by atoms with Crippen LogP contribution < -0.4 is 10.6 Å². The Morgan fingerprint density at radius 1 is 1.19 bits per heavy atom. The molecule has 3 N–H and O–H groups in total. The van der Waals surface area contributed by atoms with Gasteiger partial charge >= 0.3 is 0 Å². The zero-order valence-electron chi connectivity index (χ0n) is 22.5. The number of amides is 3. The van der Waals surface area contributed by atoms with Crippen molar-refractivity contribution >= 4 is 23.4 Å². The van der Waals surface area contributed by atoms with Gasteiger partial charge in [-0.05, 0) is 64.5 Å². The molecule has 8 heteroatoms. The molecule has 1 aromatic carbocycles. The summed E-state index contributed by atoms with van der Waals surface area (Å²) in [5.41, 5.74) is -1.90. The number of nitrogens with one attached hydrogen (secondary N) is 2. The van der Waals surface area contributed by atoms with E-state index in [0.29, 0.717) is 18.5 Å². The highest BCUT2D eigenvalue weighted by Gasteiger charge is 2.80. The van der Waals surface area contributed by atoms with Crippen LogP contribution in [0.15, 0.2) is 30.3 Å². The Morgan fingerprint density at radius 2 is 1.83 bits per heavy atom. The van der Waals surface area contributed by atoms with Gasteiger partial charge in [0.25, 0.3) is 0 Å². The lowest BCUT2D eigenvalue weighted by Gasteiger charge is -2.39. The van der Waals surface area contributed by atoms with Gasteiger partial charge in [-0.25, -0.2) is 0 Å². The predicted molar refractivity (Wildman–Crippen MR) is 137 cm³/mol. The third-order valence-electron chi connectivity index (χ3n) is 8.17. The number of anilines is 1. The van der Waals surface area contributed by atoms with Crippen LogP contribution in [0.1, 0.15) is 61.3 Å². The molecule has 3 heterocycles. The lowest BCUT2D eigenvalue weighted by molar-refractivity contribution is -0.150. The maximum absolute atomic E-state index is 14.2. The summed E-state index contributed by atoms with van der Waals surface area (Å²) in [7, 11) is 0.